The van der Waals surface area contributed by atoms with Gasteiger partial charge in [0, 0.05) is 11.8 Å². The zero-order valence-electron chi connectivity index (χ0n) is 11.8. The molecule has 18 heavy (non-hydrogen) atoms. The highest BCUT2D eigenvalue weighted by atomic mass is 16.5. The fourth-order valence-corrected chi connectivity index (χ4v) is 2.71. The molecule has 1 aliphatic carbocycles. The Bertz CT molecular complexity index is 386. The van der Waals surface area contributed by atoms with E-state index in [4.69, 9.17) is 10.3 Å². The van der Waals surface area contributed by atoms with Crippen LogP contribution in [0.25, 0.3) is 0 Å². The first kappa shape index (κ1) is 13.5. The van der Waals surface area contributed by atoms with Crippen LogP contribution in [-0.4, -0.2) is 16.7 Å². The minimum Gasteiger partial charge on any atom is -0.339 e. The van der Waals surface area contributed by atoms with Crippen LogP contribution in [0.5, 0.6) is 0 Å². The molecule has 0 bridgehead atoms. The minimum absolute atomic E-state index is 0.0514. The Hall–Kier alpha value is -0.900. The van der Waals surface area contributed by atoms with Crippen LogP contribution in [-0.2, 0) is 11.8 Å². The van der Waals surface area contributed by atoms with Gasteiger partial charge in [0.2, 0.25) is 5.89 Å². The highest BCUT2D eigenvalue weighted by molar-refractivity contribution is 5.02. The number of rotatable bonds is 3. The van der Waals surface area contributed by atoms with E-state index in [1.807, 2.05) is 0 Å². The van der Waals surface area contributed by atoms with Crippen LogP contribution in [0.2, 0.25) is 0 Å². The van der Waals surface area contributed by atoms with Crippen LogP contribution in [0, 0.1) is 5.41 Å². The molecule has 0 atom stereocenters. The number of nitrogens with two attached hydrogens (primary N) is 1. The topological polar surface area (TPSA) is 64.9 Å². The summed E-state index contributed by atoms with van der Waals surface area (Å²) >= 11 is 0. The van der Waals surface area contributed by atoms with E-state index in [-0.39, 0.29) is 10.8 Å². The predicted octanol–water partition coefficient (Wildman–Crippen LogP) is 2.82. The number of aromatic nitrogens is 2. The predicted molar refractivity (Wildman–Crippen MR) is 71.3 cm³/mol. The number of nitrogens with zero attached hydrogens (tertiary/aromatic N) is 2. The molecule has 1 aromatic rings. The second-order valence-corrected chi connectivity index (χ2v) is 6.70. The van der Waals surface area contributed by atoms with Gasteiger partial charge in [-0.1, -0.05) is 45.2 Å². The van der Waals surface area contributed by atoms with Crippen LogP contribution >= 0.6 is 0 Å². The molecule has 0 saturated heterocycles. The van der Waals surface area contributed by atoms with Gasteiger partial charge in [0.05, 0.1) is 0 Å². The van der Waals surface area contributed by atoms with Crippen molar-refractivity contribution >= 4 is 0 Å². The van der Waals surface area contributed by atoms with Gasteiger partial charge in [0.15, 0.2) is 5.82 Å². The van der Waals surface area contributed by atoms with Gasteiger partial charge in [0.25, 0.3) is 0 Å². The van der Waals surface area contributed by atoms with Crippen molar-refractivity contribution in [3.05, 3.63) is 11.7 Å². The second-order valence-electron chi connectivity index (χ2n) is 6.70. The maximum atomic E-state index is 5.99. The summed E-state index contributed by atoms with van der Waals surface area (Å²) in [5, 5.41) is 4.09. The lowest BCUT2D eigenvalue weighted by molar-refractivity contribution is 0.177. The fraction of sp³-hybridized carbons (Fsp3) is 0.857. The van der Waals surface area contributed by atoms with Crippen molar-refractivity contribution in [1.29, 1.82) is 0 Å². The second kappa shape index (κ2) is 5.00. The van der Waals surface area contributed by atoms with Crippen molar-refractivity contribution in [1.82, 2.24) is 10.1 Å². The summed E-state index contributed by atoms with van der Waals surface area (Å²) in [6.07, 6.45) is 7.10. The standard InChI is InChI=1S/C14H25N3O/c1-13(2,3)12-16-11(18-17-12)9-14(10-15)7-5-4-6-8-14/h4-10,15H2,1-3H3. The molecule has 4 nitrogen and oxygen atoms in total. The van der Waals surface area contributed by atoms with E-state index in [1.54, 1.807) is 0 Å². The third-order valence-corrected chi connectivity index (χ3v) is 4.01. The van der Waals surface area contributed by atoms with Crippen molar-refractivity contribution in [2.24, 2.45) is 11.1 Å². The molecule has 0 aliphatic heterocycles. The Morgan fingerprint density at radius 3 is 2.39 bits per heavy atom. The summed E-state index contributed by atoms with van der Waals surface area (Å²) in [7, 11) is 0. The normalized spacial score (nSPS) is 20.0. The van der Waals surface area contributed by atoms with Crippen LogP contribution in [0.3, 0.4) is 0 Å². The fourth-order valence-electron chi connectivity index (χ4n) is 2.71. The molecule has 2 N–H and O–H groups in total. The van der Waals surface area contributed by atoms with E-state index >= 15 is 0 Å². The van der Waals surface area contributed by atoms with Gasteiger partial charge in [-0.25, -0.2) is 0 Å². The monoisotopic (exact) mass is 251 g/mol. The number of hydrogen-bond acceptors (Lipinski definition) is 4. The van der Waals surface area contributed by atoms with E-state index < -0.39 is 0 Å². The summed E-state index contributed by atoms with van der Waals surface area (Å²) in [6, 6.07) is 0. The van der Waals surface area contributed by atoms with Gasteiger partial charge in [-0.3, -0.25) is 0 Å². The Morgan fingerprint density at radius 2 is 1.89 bits per heavy atom. The quantitative estimate of drug-likeness (QED) is 0.897. The van der Waals surface area contributed by atoms with Crippen molar-refractivity contribution in [3.63, 3.8) is 0 Å². The van der Waals surface area contributed by atoms with Crippen molar-refractivity contribution < 1.29 is 4.52 Å². The van der Waals surface area contributed by atoms with Crippen molar-refractivity contribution in [2.75, 3.05) is 6.54 Å². The SMILES string of the molecule is CC(C)(C)c1noc(CC2(CN)CCCCC2)n1. The van der Waals surface area contributed by atoms with Crippen LogP contribution in [0.1, 0.15) is 64.6 Å². The molecule has 0 unspecified atom stereocenters. The van der Waals surface area contributed by atoms with E-state index in [1.165, 1.54) is 32.1 Å². The van der Waals surface area contributed by atoms with E-state index in [9.17, 15) is 0 Å². The Labute approximate surface area is 109 Å². The van der Waals surface area contributed by atoms with Gasteiger partial charge in [0.1, 0.15) is 0 Å². The van der Waals surface area contributed by atoms with Crippen LogP contribution in [0.15, 0.2) is 4.52 Å². The van der Waals surface area contributed by atoms with E-state index in [0.717, 1.165) is 24.7 Å². The third-order valence-electron chi connectivity index (χ3n) is 4.01. The first-order valence-electron chi connectivity index (χ1n) is 6.98. The molecular weight excluding hydrogens is 226 g/mol. The lowest BCUT2D eigenvalue weighted by Gasteiger charge is -2.34. The summed E-state index contributed by atoms with van der Waals surface area (Å²) < 4.78 is 5.40. The summed E-state index contributed by atoms with van der Waals surface area (Å²) in [4.78, 5) is 4.54. The van der Waals surface area contributed by atoms with Crippen molar-refractivity contribution in [2.45, 2.75) is 64.7 Å². The van der Waals surface area contributed by atoms with Crippen molar-refractivity contribution in [3.8, 4) is 0 Å². The first-order chi connectivity index (χ1) is 8.45. The molecule has 1 heterocycles. The highest BCUT2D eigenvalue weighted by Crippen LogP contribution is 2.38. The van der Waals surface area contributed by atoms with Gasteiger partial charge in [-0.2, -0.15) is 4.98 Å². The largest absolute Gasteiger partial charge is 0.339 e. The molecule has 1 saturated carbocycles. The van der Waals surface area contributed by atoms with Gasteiger partial charge in [-0.05, 0) is 24.8 Å². The third kappa shape index (κ3) is 2.91. The lowest BCUT2D eigenvalue weighted by atomic mass is 9.72. The summed E-state index contributed by atoms with van der Waals surface area (Å²) in [6.45, 7) is 7.02. The molecule has 4 heteroatoms. The van der Waals surface area contributed by atoms with Gasteiger partial charge < -0.3 is 10.3 Å². The molecule has 102 valence electrons. The maximum Gasteiger partial charge on any atom is 0.227 e. The zero-order chi connectivity index (χ0) is 13.2. The molecule has 0 radical (unpaired) electrons. The number of hydrogen-bond donors (Lipinski definition) is 1. The van der Waals surface area contributed by atoms with Gasteiger partial charge >= 0.3 is 0 Å². The smallest absolute Gasteiger partial charge is 0.227 e. The minimum atomic E-state index is -0.0514. The molecule has 0 spiro atoms. The van der Waals surface area contributed by atoms with E-state index in [0.29, 0.717) is 0 Å². The molecule has 0 aromatic carbocycles. The van der Waals surface area contributed by atoms with Crippen LogP contribution < -0.4 is 5.73 Å². The summed E-state index contributed by atoms with van der Waals surface area (Å²) in [5.41, 5.74) is 6.13. The molecule has 1 fully saturated rings. The van der Waals surface area contributed by atoms with E-state index in [2.05, 4.69) is 30.9 Å². The summed E-state index contributed by atoms with van der Waals surface area (Å²) in [5.74, 6) is 1.55. The Balaban J connectivity index is 2.10. The zero-order valence-corrected chi connectivity index (χ0v) is 11.8. The molecular formula is C14H25N3O. The highest BCUT2D eigenvalue weighted by Gasteiger charge is 2.33. The first-order valence-corrected chi connectivity index (χ1v) is 6.98. The van der Waals surface area contributed by atoms with Crippen LogP contribution in [0.4, 0.5) is 0 Å². The molecule has 1 aromatic heterocycles. The van der Waals surface area contributed by atoms with Gasteiger partial charge in [-0.15, -0.1) is 0 Å². The maximum absolute atomic E-state index is 5.99. The Kier molecular flexibility index (Phi) is 3.76. The molecule has 0 amide bonds. The molecule has 2 rings (SSSR count). The average molecular weight is 251 g/mol. The lowest BCUT2D eigenvalue weighted by Crippen LogP contribution is -2.35. The average Bonchev–Trinajstić information content (AvgIpc) is 2.78. The molecule has 1 aliphatic rings. The Morgan fingerprint density at radius 1 is 1.22 bits per heavy atom.